The van der Waals surface area contributed by atoms with E-state index in [0.717, 1.165) is 49.1 Å². The van der Waals surface area contributed by atoms with Crippen molar-refractivity contribution in [2.45, 2.75) is 38.3 Å². The van der Waals surface area contributed by atoms with E-state index in [0.29, 0.717) is 5.92 Å². The van der Waals surface area contributed by atoms with Gasteiger partial charge in [0, 0.05) is 25.0 Å². The highest BCUT2D eigenvalue weighted by Gasteiger charge is 2.62. The summed E-state index contributed by atoms with van der Waals surface area (Å²) in [5.74, 6) is 1.99. The molecule has 2 aromatic rings. The fourth-order valence-electron chi connectivity index (χ4n) is 4.40. The molecule has 3 saturated heterocycles. The van der Waals surface area contributed by atoms with Crippen molar-refractivity contribution in [1.82, 2.24) is 14.6 Å². The highest BCUT2D eigenvalue weighted by Crippen LogP contribution is 2.53. The molecule has 4 atom stereocenters. The molecule has 4 aliphatic rings. The van der Waals surface area contributed by atoms with Crippen molar-refractivity contribution in [3.05, 3.63) is 23.7 Å². The minimum absolute atomic E-state index is 0.0409. The molecule has 4 unspecified atom stereocenters. The number of hydrogen-bond acceptors (Lipinski definition) is 5. The van der Waals surface area contributed by atoms with Crippen LogP contribution >= 0.6 is 0 Å². The first-order valence-electron chi connectivity index (χ1n) is 8.59. The molecule has 6 nitrogen and oxygen atoms in total. The molecule has 0 spiro atoms. The SMILES string of the molecule is Cc1cc(N2CCC(C)C2)cn2nc(C34CC(CO3)C4N)nc12. The van der Waals surface area contributed by atoms with Crippen LogP contribution in [0.2, 0.25) is 0 Å². The topological polar surface area (TPSA) is 68.7 Å². The standard InChI is InChI=1S/C17H23N5O/c1-10-3-4-21(7-10)13-5-11(2)15-19-16(20-22(15)8-13)17-6-12(9-23-17)14(17)18/h5,8,10,12,14H,3-4,6-7,9,18H2,1-2H3. The first-order valence-corrected chi connectivity index (χ1v) is 8.59. The average Bonchev–Trinajstić information content (AvgIpc) is 3.27. The van der Waals surface area contributed by atoms with Gasteiger partial charge in [-0.1, -0.05) is 6.92 Å². The maximum atomic E-state index is 6.28. The van der Waals surface area contributed by atoms with Crippen molar-refractivity contribution in [2.24, 2.45) is 17.6 Å². The number of ether oxygens (including phenoxy) is 1. The van der Waals surface area contributed by atoms with Gasteiger partial charge in [-0.3, -0.25) is 0 Å². The van der Waals surface area contributed by atoms with Gasteiger partial charge < -0.3 is 15.4 Å². The number of rotatable bonds is 2. The number of fused-ring (bicyclic) bond motifs is 2. The molecule has 0 radical (unpaired) electrons. The summed E-state index contributed by atoms with van der Waals surface area (Å²) in [6, 6.07) is 2.27. The van der Waals surface area contributed by atoms with Crippen LogP contribution in [-0.2, 0) is 10.3 Å². The predicted molar refractivity (Wildman–Crippen MR) is 87.4 cm³/mol. The van der Waals surface area contributed by atoms with Crippen LogP contribution in [0, 0.1) is 18.8 Å². The van der Waals surface area contributed by atoms with E-state index in [-0.39, 0.29) is 6.04 Å². The molecule has 3 aliphatic heterocycles. The predicted octanol–water partition coefficient (Wildman–Crippen LogP) is 1.46. The second-order valence-corrected chi connectivity index (χ2v) is 7.62. The van der Waals surface area contributed by atoms with Gasteiger partial charge in [0.05, 0.1) is 18.5 Å². The molecular formula is C17H23N5O. The summed E-state index contributed by atoms with van der Waals surface area (Å²) in [5.41, 5.74) is 9.14. The number of nitrogens with zero attached hydrogens (tertiary/aromatic N) is 4. The number of hydrogen-bond donors (Lipinski definition) is 1. The Kier molecular flexibility index (Phi) is 2.66. The molecule has 5 heterocycles. The van der Waals surface area contributed by atoms with Crippen molar-refractivity contribution in [3.8, 4) is 0 Å². The number of nitrogens with two attached hydrogens (primary N) is 1. The van der Waals surface area contributed by atoms with Crippen molar-refractivity contribution in [1.29, 1.82) is 0 Å². The molecule has 6 rings (SSSR count). The van der Waals surface area contributed by atoms with Gasteiger partial charge >= 0.3 is 0 Å². The Labute approximate surface area is 135 Å². The van der Waals surface area contributed by atoms with Gasteiger partial charge in [-0.15, -0.1) is 5.10 Å². The Morgan fingerprint density at radius 2 is 2.30 bits per heavy atom. The van der Waals surface area contributed by atoms with Gasteiger partial charge in [0.1, 0.15) is 5.60 Å². The van der Waals surface area contributed by atoms with Gasteiger partial charge in [0.2, 0.25) is 0 Å². The Bertz CT molecular complexity index is 783. The second-order valence-electron chi connectivity index (χ2n) is 7.62. The molecule has 1 aliphatic carbocycles. The van der Waals surface area contributed by atoms with E-state index < -0.39 is 5.60 Å². The van der Waals surface area contributed by atoms with E-state index in [1.807, 2.05) is 4.52 Å². The van der Waals surface area contributed by atoms with Gasteiger partial charge in [0.15, 0.2) is 11.5 Å². The van der Waals surface area contributed by atoms with Crippen LogP contribution in [0.5, 0.6) is 0 Å². The maximum Gasteiger partial charge on any atom is 0.185 e. The van der Waals surface area contributed by atoms with E-state index in [9.17, 15) is 0 Å². The highest BCUT2D eigenvalue weighted by atomic mass is 16.5. The minimum Gasteiger partial charge on any atom is -0.370 e. The zero-order chi connectivity index (χ0) is 15.8. The molecule has 0 amide bonds. The average molecular weight is 313 g/mol. The normalized spacial score (nSPS) is 36.0. The van der Waals surface area contributed by atoms with E-state index in [1.54, 1.807) is 0 Å². The molecule has 6 heteroatoms. The lowest BCUT2D eigenvalue weighted by molar-refractivity contribution is -0.0287. The first-order chi connectivity index (χ1) is 11.1. The van der Waals surface area contributed by atoms with Gasteiger partial charge in [-0.25, -0.2) is 9.50 Å². The Morgan fingerprint density at radius 3 is 2.96 bits per heavy atom. The molecule has 2 bridgehead atoms. The minimum atomic E-state index is -0.439. The van der Waals surface area contributed by atoms with Crippen LogP contribution in [0.15, 0.2) is 12.3 Å². The maximum absolute atomic E-state index is 6.28. The molecule has 2 N–H and O–H groups in total. The van der Waals surface area contributed by atoms with E-state index >= 15 is 0 Å². The molecular weight excluding hydrogens is 290 g/mol. The molecule has 0 aromatic carbocycles. The highest BCUT2D eigenvalue weighted by molar-refractivity contribution is 5.57. The van der Waals surface area contributed by atoms with Crippen LogP contribution in [-0.4, -0.2) is 40.3 Å². The third kappa shape index (κ3) is 1.76. The molecule has 1 saturated carbocycles. The van der Waals surface area contributed by atoms with Crippen LogP contribution in [0.25, 0.3) is 5.65 Å². The largest absolute Gasteiger partial charge is 0.370 e. The van der Waals surface area contributed by atoms with E-state index in [1.165, 1.54) is 12.1 Å². The summed E-state index contributed by atoms with van der Waals surface area (Å²) < 4.78 is 7.87. The lowest BCUT2D eigenvalue weighted by Gasteiger charge is -2.40. The lowest BCUT2D eigenvalue weighted by Crippen LogP contribution is -2.55. The number of aromatic nitrogens is 3. The molecule has 4 fully saturated rings. The summed E-state index contributed by atoms with van der Waals surface area (Å²) >= 11 is 0. The van der Waals surface area contributed by atoms with Crippen LogP contribution in [0.3, 0.4) is 0 Å². The monoisotopic (exact) mass is 313 g/mol. The molecule has 2 aromatic heterocycles. The van der Waals surface area contributed by atoms with Crippen LogP contribution in [0.1, 0.15) is 31.2 Å². The first kappa shape index (κ1) is 13.7. The van der Waals surface area contributed by atoms with Crippen molar-refractivity contribution >= 4 is 11.3 Å². The summed E-state index contributed by atoms with van der Waals surface area (Å²) in [6.45, 7) is 7.39. The lowest BCUT2D eigenvalue weighted by atomic mass is 9.69. The number of aryl methyl sites for hydroxylation is 1. The summed E-state index contributed by atoms with van der Waals surface area (Å²) in [5, 5.41) is 4.74. The third-order valence-electron chi connectivity index (χ3n) is 5.94. The Morgan fingerprint density at radius 1 is 1.43 bits per heavy atom. The van der Waals surface area contributed by atoms with Crippen molar-refractivity contribution in [3.63, 3.8) is 0 Å². The van der Waals surface area contributed by atoms with Crippen molar-refractivity contribution in [2.75, 3.05) is 24.6 Å². The molecule has 23 heavy (non-hydrogen) atoms. The van der Waals surface area contributed by atoms with Crippen LogP contribution in [0.4, 0.5) is 5.69 Å². The fourth-order valence-corrected chi connectivity index (χ4v) is 4.40. The van der Waals surface area contributed by atoms with Gasteiger partial charge in [-0.05, 0) is 37.3 Å². The van der Waals surface area contributed by atoms with Crippen molar-refractivity contribution < 1.29 is 4.74 Å². The van der Waals surface area contributed by atoms with E-state index in [4.69, 9.17) is 20.6 Å². The third-order valence-corrected chi connectivity index (χ3v) is 5.94. The summed E-state index contributed by atoms with van der Waals surface area (Å²) in [7, 11) is 0. The summed E-state index contributed by atoms with van der Waals surface area (Å²) in [6.07, 6.45) is 4.32. The quantitative estimate of drug-likeness (QED) is 0.909. The van der Waals surface area contributed by atoms with E-state index in [2.05, 4.69) is 31.0 Å². The number of anilines is 1. The fraction of sp³-hybridized carbons (Fsp3) is 0.647. The number of pyridine rings is 1. The zero-order valence-electron chi connectivity index (χ0n) is 13.7. The van der Waals surface area contributed by atoms with Gasteiger partial charge in [-0.2, -0.15) is 0 Å². The molecule has 122 valence electrons. The Hall–Kier alpha value is -1.66. The van der Waals surface area contributed by atoms with Gasteiger partial charge in [0.25, 0.3) is 0 Å². The smallest absolute Gasteiger partial charge is 0.185 e. The second kappa shape index (κ2) is 4.45. The zero-order valence-corrected chi connectivity index (χ0v) is 13.7. The van der Waals surface area contributed by atoms with Crippen LogP contribution < -0.4 is 10.6 Å². The summed E-state index contributed by atoms with van der Waals surface area (Å²) in [4.78, 5) is 7.20. The Balaban J connectivity index is 1.57.